The molecule has 0 bridgehead atoms. The molecule has 186 valence electrons. The summed E-state index contributed by atoms with van der Waals surface area (Å²) in [5.41, 5.74) is 6.20. The number of hydrogen-bond donors (Lipinski definition) is 1. The topological polar surface area (TPSA) is 64.6 Å². The first-order valence-electron chi connectivity index (χ1n) is 11.8. The van der Waals surface area contributed by atoms with E-state index >= 15 is 0 Å². The van der Waals surface area contributed by atoms with Crippen LogP contribution in [0, 0.1) is 13.8 Å². The highest BCUT2D eigenvalue weighted by Crippen LogP contribution is 2.35. The fourth-order valence-corrected chi connectivity index (χ4v) is 4.91. The quantitative estimate of drug-likeness (QED) is 0.352. The fraction of sp³-hybridized carbons (Fsp3) is 0.379. The zero-order valence-corrected chi connectivity index (χ0v) is 22.5. The molecule has 0 spiro atoms. The predicted molar refractivity (Wildman–Crippen MR) is 142 cm³/mol. The van der Waals surface area contributed by atoms with Gasteiger partial charge in [-0.15, -0.1) is 11.3 Å². The molecule has 35 heavy (non-hydrogen) atoms. The third-order valence-electron chi connectivity index (χ3n) is 5.95. The monoisotopic (exact) mass is 493 g/mol. The Morgan fingerprint density at radius 1 is 1.00 bits per heavy atom. The van der Waals surface area contributed by atoms with Crippen LogP contribution in [0.15, 0.2) is 48.5 Å². The SMILES string of the molecule is COC(=O)CCNC(=O)c1ccc([C@@H](C)Oc2cc(C)c(-c3ccc(C(C)(C)C)cc3)c(C)c2)s1. The minimum absolute atomic E-state index is 0.127. The lowest BCUT2D eigenvalue weighted by molar-refractivity contribution is -0.140. The first-order valence-corrected chi connectivity index (χ1v) is 12.6. The van der Waals surface area contributed by atoms with Gasteiger partial charge in [-0.2, -0.15) is 0 Å². The molecule has 0 aliphatic heterocycles. The van der Waals surface area contributed by atoms with Crippen molar-refractivity contribution in [3.63, 3.8) is 0 Å². The van der Waals surface area contributed by atoms with E-state index in [0.29, 0.717) is 4.88 Å². The first kappa shape index (κ1) is 26.5. The summed E-state index contributed by atoms with van der Waals surface area (Å²) in [6.45, 7) is 13.1. The second-order valence-electron chi connectivity index (χ2n) is 9.80. The molecule has 1 amide bonds. The van der Waals surface area contributed by atoms with Gasteiger partial charge in [0.25, 0.3) is 5.91 Å². The van der Waals surface area contributed by atoms with Gasteiger partial charge in [0.15, 0.2) is 0 Å². The Hall–Kier alpha value is -3.12. The molecule has 5 nitrogen and oxygen atoms in total. The summed E-state index contributed by atoms with van der Waals surface area (Å²) in [4.78, 5) is 25.1. The van der Waals surface area contributed by atoms with Crippen molar-refractivity contribution in [2.45, 2.75) is 59.5 Å². The summed E-state index contributed by atoms with van der Waals surface area (Å²) in [6.07, 6.45) is -0.0533. The van der Waals surface area contributed by atoms with Crippen LogP contribution >= 0.6 is 11.3 Å². The molecule has 3 aromatic rings. The zero-order chi connectivity index (χ0) is 25.8. The lowest BCUT2D eigenvalue weighted by Crippen LogP contribution is -2.25. The smallest absolute Gasteiger partial charge is 0.307 e. The Morgan fingerprint density at radius 2 is 1.63 bits per heavy atom. The number of amides is 1. The largest absolute Gasteiger partial charge is 0.485 e. The van der Waals surface area contributed by atoms with Crippen LogP contribution < -0.4 is 10.1 Å². The number of thiophene rings is 1. The fourth-order valence-electron chi connectivity index (χ4n) is 4.01. The summed E-state index contributed by atoms with van der Waals surface area (Å²) < 4.78 is 10.8. The van der Waals surface area contributed by atoms with Crippen LogP contribution in [0.1, 0.15) is 71.5 Å². The highest BCUT2D eigenvalue weighted by atomic mass is 32.1. The molecule has 0 unspecified atom stereocenters. The Morgan fingerprint density at radius 3 is 2.20 bits per heavy atom. The van der Waals surface area contributed by atoms with Crippen molar-refractivity contribution in [3.8, 4) is 16.9 Å². The number of rotatable bonds is 8. The highest BCUT2D eigenvalue weighted by molar-refractivity contribution is 7.14. The van der Waals surface area contributed by atoms with Crippen LogP contribution in [0.2, 0.25) is 0 Å². The van der Waals surface area contributed by atoms with Crippen molar-refractivity contribution < 1.29 is 19.1 Å². The molecule has 1 heterocycles. The molecule has 0 aliphatic carbocycles. The third-order valence-corrected chi connectivity index (χ3v) is 7.20. The molecule has 1 atom stereocenters. The van der Waals surface area contributed by atoms with Crippen molar-refractivity contribution in [1.29, 1.82) is 0 Å². The molecular formula is C29H35NO4S. The van der Waals surface area contributed by atoms with E-state index in [4.69, 9.17) is 4.74 Å². The van der Waals surface area contributed by atoms with Crippen LogP contribution in [0.3, 0.4) is 0 Å². The second kappa shape index (κ2) is 11.1. The van der Waals surface area contributed by atoms with Gasteiger partial charge in [-0.05, 0) is 78.3 Å². The Bertz CT molecular complexity index is 1170. The summed E-state index contributed by atoms with van der Waals surface area (Å²) >= 11 is 1.39. The van der Waals surface area contributed by atoms with Gasteiger partial charge >= 0.3 is 5.97 Å². The molecular weight excluding hydrogens is 458 g/mol. The highest BCUT2D eigenvalue weighted by Gasteiger charge is 2.17. The number of methoxy groups -OCH3 is 1. The summed E-state index contributed by atoms with van der Waals surface area (Å²) in [6, 6.07) is 16.7. The minimum Gasteiger partial charge on any atom is -0.485 e. The van der Waals surface area contributed by atoms with E-state index in [1.54, 1.807) is 6.07 Å². The number of nitrogens with one attached hydrogen (secondary N) is 1. The summed E-state index contributed by atoms with van der Waals surface area (Å²) in [5, 5.41) is 2.74. The minimum atomic E-state index is -0.349. The van der Waals surface area contributed by atoms with E-state index in [-0.39, 0.29) is 36.4 Å². The number of carbonyl (C=O) groups is 2. The zero-order valence-electron chi connectivity index (χ0n) is 21.7. The second-order valence-corrected chi connectivity index (χ2v) is 10.9. The van der Waals surface area contributed by atoms with Crippen LogP contribution in [0.5, 0.6) is 5.75 Å². The molecule has 0 saturated heterocycles. The summed E-state index contributed by atoms with van der Waals surface area (Å²) in [7, 11) is 1.33. The van der Waals surface area contributed by atoms with Gasteiger partial charge in [-0.3, -0.25) is 9.59 Å². The molecule has 2 aromatic carbocycles. The average Bonchev–Trinajstić information content (AvgIpc) is 3.29. The van der Waals surface area contributed by atoms with Crippen molar-refractivity contribution in [1.82, 2.24) is 5.32 Å². The van der Waals surface area contributed by atoms with Crippen LogP contribution in [0.25, 0.3) is 11.1 Å². The number of ether oxygens (including phenoxy) is 2. The maximum Gasteiger partial charge on any atom is 0.307 e. The van der Waals surface area contributed by atoms with Crippen molar-refractivity contribution in [3.05, 3.63) is 75.0 Å². The maximum absolute atomic E-state index is 12.4. The Kier molecular flexibility index (Phi) is 8.39. The Balaban J connectivity index is 1.69. The number of aryl methyl sites for hydroxylation is 2. The lowest BCUT2D eigenvalue weighted by atomic mass is 9.85. The molecule has 6 heteroatoms. The van der Waals surface area contributed by atoms with E-state index in [2.05, 4.69) is 81.1 Å². The third kappa shape index (κ3) is 6.73. The maximum atomic E-state index is 12.4. The molecule has 0 fully saturated rings. The van der Waals surface area contributed by atoms with Gasteiger partial charge in [0, 0.05) is 11.4 Å². The normalized spacial score (nSPS) is 12.2. The molecule has 0 aliphatic rings. The number of benzene rings is 2. The summed E-state index contributed by atoms with van der Waals surface area (Å²) in [5.74, 6) is 0.253. The number of carbonyl (C=O) groups excluding carboxylic acids is 2. The Labute approximate surface area is 212 Å². The van der Waals surface area contributed by atoms with E-state index in [0.717, 1.165) is 21.8 Å². The van der Waals surface area contributed by atoms with E-state index in [1.165, 1.54) is 35.1 Å². The van der Waals surface area contributed by atoms with Gasteiger partial charge in [0.05, 0.1) is 18.4 Å². The van der Waals surface area contributed by atoms with Crippen LogP contribution in [-0.4, -0.2) is 25.5 Å². The average molecular weight is 494 g/mol. The van der Waals surface area contributed by atoms with Crippen molar-refractivity contribution in [2.24, 2.45) is 0 Å². The molecule has 3 rings (SSSR count). The molecule has 1 N–H and O–H groups in total. The van der Waals surface area contributed by atoms with Gasteiger partial charge in [0.1, 0.15) is 11.9 Å². The van der Waals surface area contributed by atoms with E-state index in [1.807, 2.05) is 13.0 Å². The van der Waals surface area contributed by atoms with Crippen molar-refractivity contribution >= 4 is 23.2 Å². The van der Waals surface area contributed by atoms with Crippen LogP contribution in [-0.2, 0) is 14.9 Å². The molecule has 0 saturated carbocycles. The van der Waals surface area contributed by atoms with E-state index < -0.39 is 0 Å². The lowest BCUT2D eigenvalue weighted by Gasteiger charge is -2.20. The van der Waals surface area contributed by atoms with Gasteiger partial charge in [-0.1, -0.05) is 45.0 Å². The van der Waals surface area contributed by atoms with Gasteiger partial charge < -0.3 is 14.8 Å². The van der Waals surface area contributed by atoms with Gasteiger partial charge in [-0.25, -0.2) is 0 Å². The number of hydrogen-bond acceptors (Lipinski definition) is 5. The standard InChI is InChI=1S/C29H35NO4S/c1-18-16-23(17-19(2)27(18)21-8-10-22(11-9-21)29(4,5)6)34-20(3)24-12-13-25(35-24)28(32)30-15-14-26(31)33-7/h8-13,16-17,20H,14-15H2,1-7H3,(H,30,32)/t20-/m1/s1. The molecule has 0 radical (unpaired) electrons. The van der Waals surface area contributed by atoms with Crippen LogP contribution in [0.4, 0.5) is 0 Å². The van der Waals surface area contributed by atoms with E-state index in [9.17, 15) is 9.59 Å². The van der Waals surface area contributed by atoms with Crippen molar-refractivity contribution in [2.75, 3.05) is 13.7 Å². The predicted octanol–water partition coefficient (Wildman–Crippen LogP) is 6.76. The number of esters is 1. The van der Waals surface area contributed by atoms with Gasteiger partial charge in [0.2, 0.25) is 0 Å². The first-order chi connectivity index (χ1) is 16.5. The molecule has 1 aromatic heterocycles.